The van der Waals surface area contributed by atoms with Gasteiger partial charge in [0.25, 0.3) is 5.91 Å². The number of anilines is 1. The zero-order chi connectivity index (χ0) is 21.5. The highest BCUT2D eigenvalue weighted by Crippen LogP contribution is 2.42. The van der Waals surface area contributed by atoms with Gasteiger partial charge in [0.15, 0.2) is 0 Å². The number of ether oxygens (including phenoxy) is 1. The molecule has 2 heterocycles. The molecule has 6 heteroatoms. The number of morpholine rings is 1. The number of rotatable bonds is 8. The van der Waals surface area contributed by atoms with Gasteiger partial charge in [0.2, 0.25) is 0 Å². The van der Waals surface area contributed by atoms with Crippen LogP contribution in [0, 0.1) is 0 Å². The first-order valence-corrected chi connectivity index (χ1v) is 10.9. The number of hydrogen-bond donors (Lipinski definition) is 0. The van der Waals surface area contributed by atoms with E-state index in [4.69, 9.17) is 9.57 Å². The van der Waals surface area contributed by atoms with Crippen molar-refractivity contribution in [3.05, 3.63) is 77.9 Å². The number of nitrogens with zero attached hydrogens (tertiary/aromatic N) is 3. The summed E-state index contributed by atoms with van der Waals surface area (Å²) in [7, 11) is 0. The molecule has 1 atom stereocenters. The Morgan fingerprint density at radius 2 is 1.77 bits per heavy atom. The molecule has 2 aromatic rings. The highest BCUT2D eigenvalue weighted by molar-refractivity contribution is 6.18. The van der Waals surface area contributed by atoms with Crippen LogP contribution in [0.25, 0.3) is 0 Å². The van der Waals surface area contributed by atoms with E-state index in [1.54, 1.807) is 0 Å². The van der Waals surface area contributed by atoms with Gasteiger partial charge in [-0.1, -0.05) is 53.7 Å². The second-order valence-electron chi connectivity index (χ2n) is 7.80. The summed E-state index contributed by atoms with van der Waals surface area (Å²) in [6.07, 6.45) is 2.77. The summed E-state index contributed by atoms with van der Waals surface area (Å²) < 4.78 is 5.36. The fraction of sp³-hybridized carbons (Fsp3) is 0.360. The predicted octanol–water partition coefficient (Wildman–Crippen LogP) is 3.82. The van der Waals surface area contributed by atoms with Gasteiger partial charge in [0, 0.05) is 30.9 Å². The van der Waals surface area contributed by atoms with Gasteiger partial charge >= 0.3 is 0 Å². The van der Waals surface area contributed by atoms with Crippen molar-refractivity contribution in [1.82, 2.24) is 4.90 Å². The molecule has 0 spiro atoms. The number of allylic oxidation sites excluding steroid dienone is 1. The third-order valence-corrected chi connectivity index (χ3v) is 5.55. The van der Waals surface area contributed by atoms with Crippen LogP contribution in [0.15, 0.2) is 77.5 Å². The standard InChI is InChI=1S/C25H29N3O3/c1-20(26-31-16-8-13-27-14-17-30-18-15-27)19-23-24(21-9-4-2-5-10-21)28(25(23)29)22-11-6-3-7-12-22/h2-7,9-12,19,24H,8,13-18H2,1H3/b23-19+,26-20+. The van der Waals surface area contributed by atoms with Crippen LogP contribution in [0.5, 0.6) is 0 Å². The fourth-order valence-electron chi connectivity index (χ4n) is 3.98. The van der Waals surface area contributed by atoms with Gasteiger partial charge in [-0.05, 0) is 37.1 Å². The molecule has 2 aromatic carbocycles. The summed E-state index contributed by atoms with van der Waals surface area (Å²) in [5.41, 5.74) is 3.40. The van der Waals surface area contributed by atoms with E-state index in [9.17, 15) is 4.79 Å². The molecule has 4 rings (SSSR count). The van der Waals surface area contributed by atoms with E-state index in [-0.39, 0.29) is 11.9 Å². The topological polar surface area (TPSA) is 54.4 Å². The van der Waals surface area contributed by atoms with Crippen molar-refractivity contribution in [1.29, 1.82) is 0 Å². The fourth-order valence-corrected chi connectivity index (χ4v) is 3.98. The van der Waals surface area contributed by atoms with Crippen molar-refractivity contribution in [2.75, 3.05) is 44.4 Å². The van der Waals surface area contributed by atoms with E-state index >= 15 is 0 Å². The Bertz CT molecular complexity index is 922. The zero-order valence-corrected chi connectivity index (χ0v) is 17.9. The first-order chi connectivity index (χ1) is 15.2. The molecule has 162 valence electrons. The van der Waals surface area contributed by atoms with Crippen LogP contribution >= 0.6 is 0 Å². The van der Waals surface area contributed by atoms with Crippen molar-refractivity contribution in [2.24, 2.45) is 5.16 Å². The SMILES string of the molecule is CC(/C=C1/C(=O)N(c2ccccc2)C1c1ccccc1)=N\OCCCN1CCOCC1. The maximum atomic E-state index is 13.0. The Hall–Kier alpha value is -2.96. The highest BCUT2D eigenvalue weighted by Gasteiger charge is 2.43. The minimum absolute atomic E-state index is 0.00178. The molecule has 0 bridgehead atoms. The lowest BCUT2D eigenvalue weighted by Crippen LogP contribution is -2.49. The van der Waals surface area contributed by atoms with Crippen LogP contribution in [0.1, 0.15) is 24.9 Å². The molecular weight excluding hydrogens is 390 g/mol. The lowest BCUT2D eigenvalue weighted by atomic mass is 9.86. The van der Waals surface area contributed by atoms with Gasteiger partial charge in [-0.25, -0.2) is 0 Å². The molecule has 2 aliphatic rings. The van der Waals surface area contributed by atoms with Crippen LogP contribution in [0.3, 0.4) is 0 Å². The van der Waals surface area contributed by atoms with Gasteiger partial charge < -0.3 is 9.57 Å². The highest BCUT2D eigenvalue weighted by atomic mass is 16.6. The predicted molar refractivity (Wildman–Crippen MR) is 122 cm³/mol. The first-order valence-electron chi connectivity index (χ1n) is 10.9. The molecule has 31 heavy (non-hydrogen) atoms. The Morgan fingerprint density at radius 1 is 1.10 bits per heavy atom. The lowest BCUT2D eigenvalue weighted by molar-refractivity contribution is -0.119. The Balaban J connectivity index is 1.40. The number of carbonyl (C=O) groups excluding carboxylic acids is 1. The van der Waals surface area contributed by atoms with Crippen LogP contribution in [0.4, 0.5) is 5.69 Å². The number of oxime groups is 1. The van der Waals surface area contributed by atoms with Gasteiger partial charge in [-0.15, -0.1) is 0 Å². The number of amides is 1. The van der Waals surface area contributed by atoms with Gasteiger partial charge in [-0.2, -0.15) is 0 Å². The Morgan fingerprint density at radius 3 is 2.48 bits per heavy atom. The molecule has 1 amide bonds. The second-order valence-corrected chi connectivity index (χ2v) is 7.80. The van der Waals surface area contributed by atoms with E-state index in [0.717, 1.165) is 56.1 Å². The monoisotopic (exact) mass is 419 g/mol. The maximum Gasteiger partial charge on any atom is 0.257 e. The van der Waals surface area contributed by atoms with Gasteiger partial charge in [-0.3, -0.25) is 14.6 Å². The Kier molecular flexibility index (Phi) is 7.12. The minimum atomic E-state index is -0.123. The Labute approximate surface area is 183 Å². The molecule has 2 fully saturated rings. The molecule has 0 aliphatic carbocycles. The lowest BCUT2D eigenvalue weighted by Gasteiger charge is -2.43. The van der Waals surface area contributed by atoms with Crippen molar-refractivity contribution in [3.63, 3.8) is 0 Å². The van der Waals surface area contributed by atoms with Crippen LogP contribution in [0.2, 0.25) is 0 Å². The van der Waals surface area contributed by atoms with Crippen LogP contribution in [-0.4, -0.2) is 56.0 Å². The molecule has 2 aliphatic heterocycles. The molecule has 1 unspecified atom stereocenters. The summed E-state index contributed by atoms with van der Waals surface area (Å²) in [5, 5.41) is 4.22. The van der Waals surface area contributed by atoms with E-state index < -0.39 is 0 Å². The number of benzene rings is 2. The maximum absolute atomic E-state index is 13.0. The van der Waals surface area contributed by atoms with E-state index in [1.165, 1.54) is 0 Å². The zero-order valence-electron chi connectivity index (χ0n) is 17.9. The smallest absolute Gasteiger partial charge is 0.257 e. The normalized spacial score (nSPS) is 21.3. The molecular formula is C25H29N3O3. The largest absolute Gasteiger partial charge is 0.396 e. The molecule has 0 N–H and O–H groups in total. The third kappa shape index (κ3) is 5.21. The number of β-lactam (4-membered cyclic amide) rings is 1. The number of para-hydroxylation sites is 1. The van der Waals surface area contributed by atoms with Crippen molar-refractivity contribution >= 4 is 17.3 Å². The molecule has 2 saturated heterocycles. The number of carbonyl (C=O) groups is 1. The van der Waals surface area contributed by atoms with Crippen molar-refractivity contribution in [2.45, 2.75) is 19.4 Å². The summed E-state index contributed by atoms with van der Waals surface area (Å²) >= 11 is 0. The van der Waals surface area contributed by atoms with Crippen LogP contribution in [-0.2, 0) is 14.4 Å². The summed E-state index contributed by atoms with van der Waals surface area (Å²) in [6.45, 7) is 6.99. The van der Waals surface area contributed by atoms with Gasteiger partial charge in [0.1, 0.15) is 6.61 Å². The summed E-state index contributed by atoms with van der Waals surface area (Å²) in [5.74, 6) is 0.00178. The van der Waals surface area contributed by atoms with Crippen molar-refractivity contribution in [3.8, 4) is 0 Å². The third-order valence-electron chi connectivity index (χ3n) is 5.55. The summed E-state index contributed by atoms with van der Waals surface area (Å²) in [6, 6.07) is 19.7. The first kappa shape index (κ1) is 21.3. The quantitative estimate of drug-likeness (QED) is 0.215. The van der Waals surface area contributed by atoms with E-state index in [0.29, 0.717) is 12.3 Å². The van der Waals surface area contributed by atoms with E-state index in [1.807, 2.05) is 66.4 Å². The molecule has 6 nitrogen and oxygen atoms in total. The van der Waals surface area contributed by atoms with E-state index in [2.05, 4.69) is 22.2 Å². The van der Waals surface area contributed by atoms with Crippen LogP contribution < -0.4 is 4.90 Å². The number of hydrogen-bond acceptors (Lipinski definition) is 5. The molecule has 0 radical (unpaired) electrons. The van der Waals surface area contributed by atoms with Gasteiger partial charge in [0.05, 0.1) is 25.0 Å². The summed E-state index contributed by atoms with van der Waals surface area (Å²) in [4.78, 5) is 22.7. The molecule has 0 aromatic heterocycles. The minimum Gasteiger partial charge on any atom is -0.396 e. The average molecular weight is 420 g/mol. The second kappa shape index (κ2) is 10.4. The average Bonchev–Trinajstić information content (AvgIpc) is 2.82. The molecule has 0 saturated carbocycles. The van der Waals surface area contributed by atoms with Crippen molar-refractivity contribution < 1.29 is 14.4 Å².